The smallest absolute Gasteiger partial charge is 0.228 e. The Morgan fingerprint density at radius 2 is 2.20 bits per heavy atom. The molecule has 0 aliphatic carbocycles. The predicted octanol–water partition coefficient (Wildman–Crippen LogP) is 1.55. The molecule has 6 nitrogen and oxygen atoms in total. The molecule has 2 unspecified atom stereocenters. The molecular weight excluding hydrogens is 318 g/mol. The second kappa shape index (κ2) is 6.67. The maximum absolute atomic E-state index is 12.9. The van der Waals surface area contributed by atoms with Gasteiger partial charge in [-0.3, -0.25) is 9.59 Å². The Labute approximate surface area is 148 Å². The zero-order valence-electron chi connectivity index (χ0n) is 15.2. The Bertz CT molecular complexity index is 690. The fourth-order valence-electron chi connectivity index (χ4n) is 3.75. The third-order valence-corrected chi connectivity index (χ3v) is 5.46. The van der Waals surface area contributed by atoms with Crippen molar-refractivity contribution in [1.82, 2.24) is 4.90 Å². The van der Waals surface area contributed by atoms with E-state index in [-0.39, 0.29) is 29.6 Å². The van der Waals surface area contributed by atoms with E-state index >= 15 is 0 Å². The molecule has 2 fully saturated rings. The van der Waals surface area contributed by atoms with E-state index in [1.54, 1.807) is 12.0 Å². The Balaban J connectivity index is 1.75. The first-order valence-corrected chi connectivity index (χ1v) is 8.81. The van der Waals surface area contributed by atoms with Crippen LogP contribution in [0.25, 0.3) is 0 Å². The molecule has 2 aliphatic rings. The summed E-state index contributed by atoms with van der Waals surface area (Å²) in [6.45, 7) is 6.49. The molecule has 0 saturated carbocycles. The van der Waals surface area contributed by atoms with Crippen molar-refractivity contribution in [3.63, 3.8) is 0 Å². The molecule has 2 saturated heterocycles. The molecule has 0 radical (unpaired) electrons. The average molecular weight is 345 g/mol. The lowest BCUT2D eigenvalue weighted by atomic mass is 9.90. The van der Waals surface area contributed by atoms with Crippen LogP contribution in [0.5, 0.6) is 5.75 Å². The van der Waals surface area contributed by atoms with Crippen molar-refractivity contribution < 1.29 is 14.3 Å². The van der Waals surface area contributed by atoms with Crippen LogP contribution in [0.15, 0.2) is 18.2 Å². The molecule has 6 heteroatoms. The van der Waals surface area contributed by atoms with Gasteiger partial charge in [-0.2, -0.15) is 0 Å². The number of ether oxygens (including phenoxy) is 1. The molecule has 2 atom stereocenters. The maximum Gasteiger partial charge on any atom is 0.228 e. The summed E-state index contributed by atoms with van der Waals surface area (Å²) in [5, 5.41) is 0. The largest absolute Gasteiger partial charge is 0.495 e. The van der Waals surface area contributed by atoms with Gasteiger partial charge in [0.05, 0.1) is 18.7 Å². The number of hydrogen-bond acceptors (Lipinski definition) is 4. The van der Waals surface area contributed by atoms with Crippen molar-refractivity contribution in [2.75, 3.05) is 38.2 Å². The Morgan fingerprint density at radius 3 is 2.84 bits per heavy atom. The van der Waals surface area contributed by atoms with Crippen LogP contribution < -0.4 is 15.4 Å². The van der Waals surface area contributed by atoms with Gasteiger partial charge in [0.25, 0.3) is 0 Å². The van der Waals surface area contributed by atoms with Crippen LogP contribution in [0.4, 0.5) is 5.69 Å². The van der Waals surface area contributed by atoms with Crippen LogP contribution in [-0.4, -0.2) is 50.0 Å². The minimum atomic E-state index is -0.294. The summed E-state index contributed by atoms with van der Waals surface area (Å²) in [7, 11) is 1.59. The number of nitrogens with two attached hydrogens (primary N) is 1. The lowest BCUT2D eigenvalue weighted by Crippen LogP contribution is -2.38. The summed E-state index contributed by atoms with van der Waals surface area (Å²) in [4.78, 5) is 29.0. The number of likely N-dealkylation sites (tertiary alicyclic amines) is 1. The topological polar surface area (TPSA) is 75.9 Å². The van der Waals surface area contributed by atoms with Gasteiger partial charge < -0.3 is 20.3 Å². The van der Waals surface area contributed by atoms with E-state index in [0.29, 0.717) is 25.4 Å². The van der Waals surface area contributed by atoms with E-state index in [9.17, 15) is 9.59 Å². The molecule has 2 amide bonds. The first kappa shape index (κ1) is 17.7. The summed E-state index contributed by atoms with van der Waals surface area (Å²) in [6, 6.07) is 5.74. The average Bonchev–Trinajstić information content (AvgIpc) is 3.18. The predicted molar refractivity (Wildman–Crippen MR) is 96.5 cm³/mol. The monoisotopic (exact) mass is 345 g/mol. The van der Waals surface area contributed by atoms with Gasteiger partial charge in [0.2, 0.25) is 11.8 Å². The van der Waals surface area contributed by atoms with Crippen molar-refractivity contribution in [3.05, 3.63) is 23.8 Å². The van der Waals surface area contributed by atoms with Gasteiger partial charge in [-0.1, -0.05) is 13.0 Å². The fraction of sp³-hybridized carbons (Fsp3) is 0.579. The number of carbonyl (C=O) groups is 2. The van der Waals surface area contributed by atoms with E-state index in [1.807, 2.05) is 30.0 Å². The van der Waals surface area contributed by atoms with Gasteiger partial charge in [0, 0.05) is 26.1 Å². The minimum absolute atomic E-state index is 0.00226. The lowest BCUT2D eigenvalue weighted by molar-refractivity contribution is -0.135. The molecule has 2 aliphatic heterocycles. The van der Waals surface area contributed by atoms with Crippen LogP contribution in [0.2, 0.25) is 0 Å². The first-order chi connectivity index (χ1) is 11.9. The van der Waals surface area contributed by atoms with Gasteiger partial charge in [0.1, 0.15) is 5.75 Å². The second-order valence-electron chi connectivity index (χ2n) is 7.61. The number of anilines is 1. The standard InChI is InChI=1S/C19H27N3O3/c1-13-4-5-16(25-3)15(8-13)22-10-14(9-17(22)23)18(24)21-7-6-19(2,11-20)12-21/h4-5,8,14H,6-7,9-12,20H2,1-3H3. The van der Waals surface area contributed by atoms with Crippen LogP contribution in [0.1, 0.15) is 25.3 Å². The molecule has 2 heterocycles. The second-order valence-corrected chi connectivity index (χ2v) is 7.61. The summed E-state index contributed by atoms with van der Waals surface area (Å²) in [5.74, 6) is 0.407. The fourth-order valence-corrected chi connectivity index (χ4v) is 3.75. The van der Waals surface area contributed by atoms with E-state index in [4.69, 9.17) is 10.5 Å². The highest BCUT2D eigenvalue weighted by atomic mass is 16.5. The highest BCUT2D eigenvalue weighted by Crippen LogP contribution is 2.36. The Hall–Kier alpha value is -2.08. The maximum atomic E-state index is 12.9. The van der Waals surface area contributed by atoms with Crippen molar-refractivity contribution in [1.29, 1.82) is 0 Å². The molecule has 1 aromatic carbocycles. The molecule has 0 aromatic heterocycles. The summed E-state index contributed by atoms with van der Waals surface area (Å²) < 4.78 is 5.40. The van der Waals surface area contributed by atoms with Crippen molar-refractivity contribution in [2.24, 2.45) is 17.1 Å². The van der Waals surface area contributed by atoms with Gasteiger partial charge >= 0.3 is 0 Å². The van der Waals surface area contributed by atoms with E-state index in [2.05, 4.69) is 6.92 Å². The van der Waals surface area contributed by atoms with Gasteiger partial charge in [-0.15, -0.1) is 0 Å². The number of nitrogens with zero attached hydrogens (tertiary/aromatic N) is 2. The van der Waals surface area contributed by atoms with Crippen LogP contribution >= 0.6 is 0 Å². The summed E-state index contributed by atoms with van der Waals surface area (Å²) in [6.07, 6.45) is 1.18. The Morgan fingerprint density at radius 1 is 1.44 bits per heavy atom. The minimum Gasteiger partial charge on any atom is -0.495 e. The van der Waals surface area contributed by atoms with Crippen LogP contribution in [0.3, 0.4) is 0 Å². The molecule has 1 aromatic rings. The number of rotatable bonds is 4. The normalized spacial score (nSPS) is 26.4. The number of hydrogen-bond donors (Lipinski definition) is 1. The summed E-state index contributed by atoms with van der Waals surface area (Å²) >= 11 is 0. The molecule has 0 spiro atoms. The zero-order chi connectivity index (χ0) is 18.2. The van der Waals surface area contributed by atoms with Gasteiger partial charge in [-0.25, -0.2) is 0 Å². The molecular formula is C19H27N3O3. The van der Waals surface area contributed by atoms with Crippen LogP contribution in [-0.2, 0) is 9.59 Å². The number of benzene rings is 1. The van der Waals surface area contributed by atoms with Crippen molar-refractivity contribution in [2.45, 2.75) is 26.7 Å². The van der Waals surface area contributed by atoms with E-state index in [1.165, 1.54) is 0 Å². The third-order valence-electron chi connectivity index (χ3n) is 5.46. The van der Waals surface area contributed by atoms with Crippen LogP contribution in [0, 0.1) is 18.3 Å². The van der Waals surface area contributed by atoms with E-state index in [0.717, 1.165) is 24.2 Å². The number of carbonyl (C=O) groups excluding carboxylic acids is 2. The van der Waals surface area contributed by atoms with E-state index < -0.39 is 0 Å². The highest BCUT2D eigenvalue weighted by Gasteiger charge is 2.42. The van der Waals surface area contributed by atoms with Gasteiger partial charge in [0.15, 0.2) is 0 Å². The van der Waals surface area contributed by atoms with Crippen molar-refractivity contribution >= 4 is 17.5 Å². The molecule has 136 valence electrons. The number of methoxy groups -OCH3 is 1. The summed E-state index contributed by atoms with van der Waals surface area (Å²) in [5.41, 5.74) is 7.63. The Kier molecular flexibility index (Phi) is 4.73. The van der Waals surface area contributed by atoms with Crippen molar-refractivity contribution in [3.8, 4) is 5.75 Å². The zero-order valence-corrected chi connectivity index (χ0v) is 15.2. The quantitative estimate of drug-likeness (QED) is 0.898. The lowest BCUT2D eigenvalue weighted by Gasteiger charge is -2.25. The molecule has 25 heavy (non-hydrogen) atoms. The number of amides is 2. The SMILES string of the molecule is COc1ccc(C)cc1N1CC(C(=O)N2CCC(C)(CN)C2)CC1=O. The number of aryl methyl sites for hydroxylation is 1. The molecule has 2 N–H and O–H groups in total. The first-order valence-electron chi connectivity index (χ1n) is 8.81. The molecule has 0 bridgehead atoms. The highest BCUT2D eigenvalue weighted by molar-refractivity contribution is 6.01. The third kappa shape index (κ3) is 3.35. The van der Waals surface area contributed by atoms with Gasteiger partial charge in [-0.05, 0) is 43.0 Å². The molecule has 3 rings (SSSR count).